The first-order valence-corrected chi connectivity index (χ1v) is 6.21. The zero-order valence-corrected chi connectivity index (χ0v) is 11.9. The number of rotatable bonds is 6. The third-order valence-corrected chi connectivity index (χ3v) is 2.54. The van der Waals surface area contributed by atoms with Crippen molar-refractivity contribution in [2.24, 2.45) is 0 Å². The molecule has 0 aliphatic rings. The molecule has 2 rings (SSSR count). The Morgan fingerprint density at radius 2 is 1.90 bits per heavy atom. The monoisotopic (exact) mass is 293 g/mol. The number of aromatic nitrogens is 1. The molecule has 0 unspecified atom stereocenters. The molecule has 21 heavy (non-hydrogen) atoms. The van der Waals surface area contributed by atoms with Gasteiger partial charge in [0.05, 0.1) is 20.8 Å². The summed E-state index contributed by atoms with van der Waals surface area (Å²) in [7, 11) is 3.00. The topological polar surface area (TPSA) is 80.0 Å². The second-order valence-electron chi connectivity index (χ2n) is 3.81. The molecule has 7 heteroatoms. The largest absolute Gasteiger partial charge is 0.493 e. The van der Waals surface area contributed by atoms with Crippen molar-refractivity contribution in [1.29, 1.82) is 0 Å². The summed E-state index contributed by atoms with van der Waals surface area (Å²) in [4.78, 5) is 15.4. The van der Waals surface area contributed by atoms with Crippen LogP contribution in [0.2, 0.25) is 0 Å². The maximum Gasteiger partial charge on any atom is 0.400 e. The first-order chi connectivity index (χ1) is 10.2. The molecule has 0 N–H and O–H groups in total. The van der Waals surface area contributed by atoms with E-state index in [0.29, 0.717) is 17.2 Å². The van der Waals surface area contributed by atoms with Gasteiger partial charge in [-0.2, -0.15) is 4.98 Å². The van der Waals surface area contributed by atoms with E-state index in [1.165, 1.54) is 14.2 Å². The van der Waals surface area contributed by atoms with E-state index in [4.69, 9.17) is 23.4 Å². The molecular formula is C14H15NO6. The number of methoxy groups -OCH3 is 2. The Labute approximate surface area is 121 Å². The molecule has 0 saturated heterocycles. The number of para-hydroxylation sites is 1. The van der Waals surface area contributed by atoms with Crippen LogP contribution in [-0.2, 0) is 4.74 Å². The van der Waals surface area contributed by atoms with Crippen LogP contribution in [0.25, 0.3) is 0 Å². The average molecular weight is 293 g/mol. The molecule has 0 bridgehead atoms. The van der Waals surface area contributed by atoms with Crippen molar-refractivity contribution in [2.75, 3.05) is 20.8 Å². The maximum absolute atomic E-state index is 11.5. The van der Waals surface area contributed by atoms with Gasteiger partial charge in [-0.1, -0.05) is 6.07 Å². The van der Waals surface area contributed by atoms with Gasteiger partial charge in [0.25, 0.3) is 0 Å². The van der Waals surface area contributed by atoms with E-state index in [1.807, 2.05) is 0 Å². The average Bonchev–Trinajstić information content (AvgIpc) is 2.96. The van der Waals surface area contributed by atoms with E-state index < -0.39 is 5.97 Å². The number of hydrogen-bond donors (Lipinski definition) is 0. The van der Waals surface area contributed by atoms with E-state index in [0.717, 1.165) is 6.26 Å². The van der Waals surface area contributed by atoms with Gasteiger partial charge in [0.15, 0.2) is 17.2 Å². The van der Waals surface area contributed by atoms with Gasteiger partial charge in [-0.05, 0) is 19.1 Å². The predicted molar refractivity (Wildman–Crippen MR) is 72.1 cm³/mol. The number of esters is 1. The molecular weight excluding hydrogens is 278 g/mol. The third kappa shape index (κ3) is 3.25. The molecule has 0 spiro atoms. The zero-order chi connectivity index (χ0) is 15.2. The molecule has 0 atom stereocenters. The highest BCUT2D eigenvalue weighted by atomic mass is 16.6. The molecule has 0 aliphatic carbocycles. The minimum atomic E-state index is -0.580. The summed E-state index contributed by atoms with van der Waals surface area (Å²) in [5, 5.41) is 0. The summed E-state index contributed by atoms with van der Waals surface area (Å²) in [6.45, 7) is 1.96. The van der Waals surface area contributed by atoms with E-state index in [9.17, 15) is 4.79 Å². The van der Waals surface area contributed by atoms with E-state index in [1.54, 1.807) is 25.1 Å². The van der Waals surface area contributed by atoms with Crippen molar-refractivity contribution in [3.8, 4) is 23.3 Å². The summed E-state index contributed by atoms with van der Waals surface area (Å²) in [6.07, 6.45) is 1.05. The van der Waals surface area contributed by atoms with Crippen LogP contribution < -0.4 is 14.2 Å². The second kappa shape index (κ2) is 6.65. The Kier molecular flexibility index (Phi) is 4.65. The number of hydrogen-bond acceptors (Lipinski definition) is 7. The van der Waals surface area contributed by atoms with Gasteiger partial charge < -0.3 is 23.4 Å². The summed E-state index contributed by atoms with van der Waals surface area (Å²) in [6, 6.07) is 5.16. The fourth-order valence-electron chi connectivity index (χ4n) is 1.61. The minimum absolute atomic E-state index is 0.0284. The fourth-order valence-corrected chi connectivity index (χ4v) is 1.61. The van der Waals surface area contributed by atoms with Gasteiger partial charge in [0.2, 0.25) is 5.75 Å². The predicted octanol–water partition coefficient (Wildman–Crippen LogP) is 2.66. The van der Waals surface area contributed by atoms with Crippen molar-refractivity contribution >= 4 is 5.97 Å². The molecule has 2 aromatic rings. The van der Waals surface area contributed by atoms with Crippen LogP contribution in [-0.4, -0.2) is 31.8 Å². The lowest BCUT2D eigenvalue weighted by Gasteiger charge is -2.11. The van der Waals surface area contributed by atoms with Gasteiger partial charge in [0.1, 0.15) is 6.26 Å². The number of oxazole rings is 1. The Balaban J connectivity index is 2.24. The minimum Gasteiger partial charge on any atom is -0.493 e. The van der Waals surface area contributed by atoms with Crippen LogP contribution in [0.15, 0.2) is 28.9 Å². The standard InChI is InChI=1S/C14H15NO6/c1-4-19-13(16)9-8-20-14(15-9)21-12-10(17-2)6-5-7-11(12)18-3/h5-8H,4H2,1-3H3. The quantitative estimate of drug-likeness (QED) is 0.757. The van der Waals surface area contributed by atoms with Gasteiger partial charge in [-0.3, -0.25) is 0 Å². The lowest BCUT2D eigenvalue weighted by atomic mass is 10.3. The van der Waals surface area contributed by atoms with Crippen LogP contribution in [0.1, 0.15) is 17.4 Å². The van der Waals surface area contributed by atoms with Gasteiger partial charge >= 0.3 is 12.0 Å². The zero-order valence-electron chi connectivity index (χ0n) is 11.9. The maximum atomic E-state index is 11.5. The number of carbonyl (C=O) groups is 1. The lowest BCUT2D eigenvalue weighted by molar-refractivity contribution is 0.0519. The molecule has 0 aliphatic heterocycles. The highest BCUT2D eigenvalue weighted by Gasteiger charge is 2.18. The smallest absolute Gasteiger partial charge is 0.400 e. The third-order valence-electron chi connectivity index (χ3n) is 2.54. The molecule has 1 heterocycles. The van der Waals surface area contributed by atoms with Gasteiger partial charge in [-0.15, -0.1) is 0 Å². The van der Waals surface area contributed by atoms with E-state index >= 15 is 0 Å². The fraction of sp³-hybridized carbons (Fsp3) is 0.286. The molecule has 1 aromatic carbocycles. The lowest BCUT2D eigenvalue weighted by Crippen LogP contribution is -2.04. The summed E-state index contributed by atoms with van der Waals surface area (Å²) < 4.78 is 25.8. The van der Waals surface area contributed by atoms with Gasteiger partial charge in [-0.25, -0.2) is 4.79 Å². The number of ether oxygens (including phenoxy) is 4. The highest BCUT2D eigenvalue weighted by Crippen LogP contribution is 2.39. The number of nitrogens with zero attached hydrogens (tertiary/aromatic N) is 1. The summed E-state index contributed by atoms with van der Waals surface area (Å²) in [5.41, 5.74) is 0.0284. The van der Waals surface area contributed by atoms with Crippen molar-refractivity contribution in [3.63, 3.8) is 0 Å². The molecule has 0 amide bonds. The molecule has 0 saturated carbocycles. The van der Waals surface area contributed by atoms with Crippen LogP contribution in [0, 0.1) is 0 Å². The Hall–Kier alpha value is -2.70. The first kappa shape index (κ1) is 14.7. The summed E-state index contributed by atoms with van der Waals surface area (Å²) in [5.74, 6) is 0.623. The Morgan fingerprint density at radius 1 is 1.24 bits per heavy atom. The second-order valence-corrected chi connectivity index (χ2v) is 3.81. The highest BCUT2D eigenvalue weighted by molar-refractivity contribution is 5.86. The molecule has 1 aromatic heterocycles. The van der Waals surface area contributed by atoms with Crippen molar-refractivity contribution in [2.45, 2.75) is 6.92 Å². The first-order valence-electron chi connectivity index (χ1n) is 6.21. The normalized spacial score (nSPS) is 10.0. The molecule has 112 valence electrons. The van der Waals surface area contributed by atoms with Crippen LogP contribution in [0.5, 0.6) is 23.3 Å². The van der Waals surface area contributed by atoms with Crippen LogP contribution >= 0.6 is 0 Å². The van der Waals surface area contributed by atoms with Gasteiger partial charge in [0, 0.05) is 0 Å². The van der Waals surface area contributed by atoms with E-state index in [2.05, 4.69) is 4.98 Å². The molecule has 0 fully saturated rings. The van der Waals surface area contributed by atoms with Crippen molar-refractivity contribution < 1.29 is 28.2 Å². The molecule has 7 nitrogen and oxygen atoms in total. The van der Waals surface area contributed by atoms with Crippen LogP contribution in [0.4, 0.5) is 0 Å². The Bertz CT molecular complexity index is 599. The summed E-state index contributed by atoms with van der Waals surface area (Å²) >= 11 is 0. The van der Waals surface area contributed by atoms with Crippen LogP contribution in [0.3, 0.4) is 0 Å². The van der Waals surface area contributed by atoms with Crippen molar-refractivity contribution in [1.82, 2.24) is 4.98 Å². The number of carbonyl (C=O) groups excluding carboxylic acids is 1. The van der Waals surface area contributed by atoms with E-state index in [-0.39, 0.29) is 18.4 Å². The Morgan fingerprint density at radius 3 is 2.48 bits per heavy atom. The SMILES string of the molecule is CCOC(=O)c1coc(Oc2c(OC)cccc2OC)n1. The molecule has 0 radical (unpaired) electrons. The number of benzene rings is 1. The van der Waals surface area contributed by atoms with Crippen molar-refractivity contribution in [3.05, 3.63) is 30.2 Å².